The summed E-state index contributed by atoms with van der Waals surface area (Å²) in [6.45, 7) is 6.68. The van der Waals surface area contributed by atoms with Crippen LogP contribution in [0, 0.1) is 6.92 Å². The molecule has 1 fully saturated rings. The summed E-state index contributed by atoms with van der Waals surface area (Å²) < 4.78 is 5.24. The average Bonchev–Trinajstić information content (AvgIpc) is 2.40. The number of morpholine rings is 1. The first-order valence-corrected chi connectivity index (χ1v) is 6.37. The van der Waals surface area contributed by atoms with Crippen molar-refractivity contribution in [3.63, 3.8) is 0 Å². The van der Waals surface area contributed by atoms with Crippen molar-refractivity contribution < 1.29 is 9.53 Å². The number of hydrogen-bond acceptors (Lipinski definition) is 2. The number of hydrogen-bond donors (Lipinski definition) is 1. The Hall–Kier alpha value is -1.55. The van der Waals surface area contributed by atoms with Gasteiger partial charge < -0.3 is 15.0 Å². The van der Waals surface area contributed by atoms with Crippen LogP contribution in [-0.4, -0.2) is 37.2 Å². The van der Waals surface area contributed by atoms with Gasteiger partial charge in [-0.05, 0) is 25.0 Å². The van der Waals surface area contributed by atoms with E-state index in [1.807, 2.05) is 19.1 Å². The van der Waals surface area contributed by atoms with Crippen LogP contribution in [0.3, 0.4) is 0 Å². The minimum Gasteiger partial charge on any atom is -0.378 e. The van der Waals surface area contributed by atoms with Gasteiger partial charge in [0, 0.05) is 13.1 Å². The molecule has 0 aliphatic carbocycles. The van der Waals surface area contributed by atoms with Crippen LogP contribution in [0.15, 0.2) is 24.3 Å². The topological polar surface area (TPSA) is 41.6 Å². The first-order chi connectivity index (χ1) is 8.68. The van der Waals surface area contributed by atoms with Gasteiger partial charge in [-0.2, -0.15) is 0 Å². The van der Waals surface area contributed by atoms with Crippen LogP contribution in [0.5, 0.6) is 0 Å². The highest BCUT2D eigenvalue weighted by atomic mass is 16.5. The van der Waals surface area contributed by atoms with Gasteiger partial charge in [-0.1, -0.05) is 24.3 Å². The molecule has 4 heteroatoms. The Morgan fingerprint density at radius 2 is 2.00 bits per heavy atom. The van der Waals surface area contributed by atoms with Gasteiger partial charge in [0.15, 0.2) is 0 Å². The Morgan fingerprint density at radius 3 is 2.67 bits per heavy atom. The molecule has 18 heavy (non-hydrogen) atoms. The van der Waals surface area contributed by atoms with Crippen molar-refractivity contribution in [1.82, 2.24) is 10.2 Å². The molecule has 1 aromatic rings. The Balaban J connectivity index is 1.96. The van der Waals surface area contributed by atoms with Gasteiger partial charge >= 0.3 is 6.03 Å². The molecule has 0 bridgehead atoms. The van der Waals surface area contributed by atoms with Crippen LogP contribution in [0.4, 0.5) is 4.79 Å². The van der Waals surface area contributed by atoms with Gasteiger partial charge in [0.1, 0.15) is 0 Å². The highest BCUT2D eigenvalue weighted by Crippen LogP contribution is 2.16. The summed E-state index contributed by atoms with van der Waals surface area (Å²) in [4.78, 5) is 13.9. The fourth-order valence-electron chi connectivity index (χ4n) is 2.19. The third kappa shape index (κ3) is 3.01. The lowest BCUT2D eigenvalue weighted by atomic mass is 10.0. The van der Waals surface area contributed by atoms with Crippen molar-refractivity contribution >= 4 is 6.03 Å². The van der Waals surface area contributed by atoms with Crippen LogP contribution < -0.4 is 5.32 Å². The summed E-state index contributed by atoms with van der Waals surface area (Å²) >= 11 is 0. The lowest BCUT2D eigenvalue weighted by Crippen LogP contribution is -2.46. The van der Waals surface area contributed by atoms with E-state index in [4.69, 9.17) is 4.74 Å². The smallest absolute Gasteiger partial charge is 0.318 e. The van der Waals surface area contributed by atoms with Crippen molar-refractivity contribution in [2.75, 3.05) is 26.3 Å². The van der Waals surface area contributed by atoms with Crippen molar-refractivity contribution in [3.8, 4) is 0 Å². The van der Waals surface area contributed by atoms with Crippen molar-refractivity contribution in [3.05, 3.63) is 35.4 Å². The van der Waals surface area contributed by atoms with Gasteiger partial charge in [0.2, 0.25) is 0 Å². The molecule has 2 rings (SSSR count). The zero-order chi connectivity index (χ0) is 13.0. The second-order valence-corrected chi connectivity index (χ2v) is 4.63. The van der Waals surface area contributed by atoms with E-state index in [1.165, 1.54) is 11.1 Å². The van der Waals surface area contributed by atoms with E-state index >= 15 is 0 Å². The van der Waals surface area contributed by atoms with Crippen LogP contribution in [0.1, 0.15) is 24.1 Å². The number of rotatable bonds is 2. The molecule has 1 aromatic carbocycles. The number of urea groups is 1. The maximum atomic E-state index is 12.1. The number of carbonyl (C=O) groups is 1. The summed E-state index contributed by atoms with van der Waals surface area (Å²) in [5, 5.41) is 3.04. The molecule has 1 aliphatic rings. The zero-order valence-corrected chi connectivity index (χ0v) is 11.0. The first kappa shape index (κ1) is 12.9. The molecule has 1 heterocycles. The predicted octanol–water partition coefficient (Wildman–Crippen LogP) is 2.10. The van der Waals surface area contributed by atoms with Gasteiger partial charge in [0.25, 0.3) is 0 Å². The van der Waals surface area contributed by atoms with E-state index in [0.717, 1.165) is 0 Å². The van der Waals surface area contributed by atoms with Crippen LogP contribution >= 0.6 is 0 Å². The normalized spacial score (nSPS) is 17.3. The second-order valence-electron chi connectivity index (χ2n) is 4.63. The van der Waals surface area contributed by atoms with E-state index in [0.29, 0.717) is 26.3 Å². The number of ether oxygens (including phenoxy) is 1. The summed E-state index contributed by atoms with van der Waals surface area (Å²) in [6.07, 6.45) is 0. The molecular weight excluding hydrogens is 228 g/mol. The summed E-state index contributed by atoms with van der Waals surface area (Å²) in [5.74, 6) is 0. The fraction of sp³-hybridized carbons (Fsp3) is 0.500. The van der Waals surface area contributed by atoms with E-state index in [9.17, 15) is 4.79 Å². The molecule has 1 saturated heterocycles. The second kappa shape index (κ2) is 5.87. The molecule has 1 atom stereocenters. The molecule has 0 radical (unpaired) electrons. The highest BCUT2D eigenvalue weighted by Gasteiger charge is 2.19. The first-order valence-electron chi connectivity index (χ1n) is 6.37. The van der Waals surface area contributed by atoms with Crippen LogP contribution in [0.25, 0.3) is 0 Å². The SMILES string of the molecule is Cc1ccccc1C(C)NC(=O)N1CCOCC1. The number of aryl methyl sites for hydroxylation is 1. The molecule has 98 valence electrons. The minimum atomic E-state index is -0.00551. The minimum absolute atomic E-state index is 0.00551. The third-order valence-corrected chi connectivity index (χ3v) is 3.29. The zero-order valence-electron chi connectivity index (χ0n) is 11.0. The molecule has 0 aromatic heterocycles. The molecule has 4 nitrogen and oxygen atoms in total. The van der Waals surface area contributed by atoms with Gasteiger partial charge in [-0.25, -0.2) is 4.79 Å². The predicted molar refractivity (Wildman–Crippen MR) is 70.5 cm³/mol. The molecule has 0 saturated carbocycles. The van der Waals surface area contributed by atoms with Crippen molar-refractivity contribution in [1.29, 1.82) is 0 Å². The Morgan fingerprint density at radius 1 is 1.33 bits per heavy atom. The molecule has 0 spiro atoms. The average molecular weight is 248 g/mol. The van der Waals surface area contributed by atoms with Crippen molar-refractivity contribution in [2.45, 2.75) is 19.9 Å². The number of amides is 2. The van der Waals surface area contributed by atoms with Gasteiger partial charge in [-0.3, -0.25) is 0 Å². The number of carbonyl (C=O) groups excluding carboxylic acids is 1. The Bertz CT molecular complexity index is 414. The van der Waals surface area contributed by atoms with E-state index in [1.54, 1.807) is 4.90 Å². The van der Waals surface area contributed by atoms with Crippen LogP contribution in [0.2, 0.25) is 0 Å². The maximum absolute atomic E-state index is 12.1. The quantitative estimate of drug-likeness (QED) is 0.870. The lowest BCUT2D eigenvalue weighted by Gasteiger charge is -2.28. The lowest BCUT2D eigenvalue weighted by molar-refractivity contribution is 0.0526. The molecule has 1 aliphatic heterocycles. The molecule has 1 unspecified atom stereocenters. The molecule has 2 amide bonds. The molecular formula is C14H20N2O2. The van der Waals surface area contributed by atoms with Gasteiger partial charge in [0.05, 0.1) is 19.3 Å². The number of nitrogens with zero attached hydrogens (tertiary/aromatic N) is 1. The molecule has 1 N–H and O–H groups in total. The van der Waals surface area contributed by atoms with E-state index in [2.05, 4.69) is 24.4 Å². The van der Waals surface area contributed by atoms with E-state index in [-0.39, 0.29) is 12.1 Å². The summed E-state index contributed by atoms with van der Waals surface area (Å²) in [5.41, 5.74) is 2.37. The highest BCUT2D eigenvalue weighted by molar-refractivity contribution is 5.74. The third-order valence-electron chi connectivity index (χ3n) is 3.29. The maximum Gasteiger partial charge on any atom is 0.318 e. The number of benzene rings is 1. The monoisotopic (exact) mass is 248 g/mol. The Kier molecular flexibility index (Phi) is 4.20. The Labute approximate surface area is 108 Å². The van der Waals surface area contributed by atoms with Crippen LogP contribution in [-0.2, 0) is 4.74 Å². The fourth-order valence-corrected chi connectivity index (χ4v) is 2.19. The standard InChI is InChI=1S/C14H20N2O2/c1-11-5-3-4-6-13(11)12(2)15-14(17)16-7-9-18-10-8-16/h3-6,12H,7-10H2,1-2H3,(H,15,17). The van der Waals surface area contributed by atoms with Gasteiger partial charge in [-0.15, -0.1) is 0 Å². The van der Waals surface area contributed by atoms with Crippen molar-refractivity contribution in [2.24, 2.45) is 0 Å². The van der Waals surface area contributed by atoms with E-state index < -0.39 is 0 Å². The largest absolute Gasteiger partial charge is 0.378 e. The summed E-state index contributed by atoms with van der Waals surface area (Å²) in [7, 11) is 0. The summed E-state index contributed by atoms with van der Waals surface area (Å²) in [6, 6.07) is 8.15. The number of nitrogens with one attached hydrogen (secondary N) is 1.